The molecule has 188 valence electrons. The summed E-state index contributed by atoms with van der Waals surface area (Å²) in [6.45, 7) is 5.91. The van der Waals surface area contributed by atoms with Crippen LogP contribution in [0.5, 0.6) is 17.2 Å². The zero-order valence-corrected chi connectivity index (χ0v) is 21.7. The molecule has 5 aromatic rings. The van der Waals surface area contributed by atoms with Crippen LogP contribution >= 0.6 is 11.3 Å². The molecule has 1 atom stereocenters. The first kappa shape index (κ1) is 22.8. The number of hydrogen-bond donors (Lipinski definition) is 1. The van der Waals surface area contributed by atoms with Crippen molar-refractivity contribution < 1.29 is 19.4 Å². The first-order valence-corrected chi connectivity index (χ1v) is 13.5. The minimum absolute atomic E-state index is 0.0545. The second kappa shape index (κ2) is 8.33. The van der Waals surface area contributed by atoms with Crippen LogP contribution < -0.4 is 9.64 Å². The van der Waals surface area contributed by atoms with Gasteiger partial charge in [0.1, 0.15) is 22.3 Å². The number of anilines is 1. The number of rotatable bonds is 4. The molecule has 1 N–H and O–H groups in total. The van der Waals surface area contributed by atoms with Crippen molar-refractivity contribution in [2.45, 2.75) is 19.4 Å². The number of nitrogens with zero attached hydrogens (tertiary/aromatic N) is 2. The fourth-order valence-corrected chi connectivity index (χ4v) is 6.63. The van der Waals surface area contributed by atoms with E-state index in [4.69, 9.17) is 14.5 Å². The number of carbonyl (C=O) groups is 1. The van der Waals surface area contributed by atoms with Crippen LogP contribution in [0.1, 0.15) is 40.9 Å². The third-order valence-electron chi connectivity index (χ3n) is 7.47. The number of hydrogen-bond acceptors (Lipinski definition) is 7. The molecule has 4 aromatic carbocycles. The molecule has 38 heavy (non-hydrogen) atoms. The van der Waals surface area contributed by atoms with Crippen molar-refractivity contribution in [1.29, 1.82) is 0 Å². The van der Waals surface area contributed by atoms with Crippen molar-refractivity contribution in [2.75, 3.05) is 18.0 Å². The summed E-state index contributed by atoms with van der Waals surface area (Å²) in [6.07, 6.45) is 0. The summed E-state index contributed by atoms with van der Waals surface area (Å²) < 4.78 is 13.8. The van der Waals surface area contributed by atoms with E-state index in [1.54, 1.807) is 12.1 Å². The van der Waals surface area contributed by atoms with Gasteiger partial charge < -0.3 is 19.5 Å². The van der Waals surface area contributed by atoms with E-state index in [1.807, 2.05) is 66.7 Å². The molecular weight excluding hydrogens is 496 g/mol. The first-order chi connectivity index (χ1) is 18.5. The third kappa shape index (κ3) is 3.12. The second-order valence-corrected chi connectivity index (χ2v) is 10.5. The highest BCUT2D eigenvalue weighted by Crippen LogP contribution is 2.58. The van der Waals surface area contributed by atoms with Gasteiger partial charge in [-0.15, -0.1) is 11.3 Å². The highest BCUT2D eigenvalue weighted by Gasteiger charge is 2.53. The van der Waals surface area contributed by atoms with E-state index in [0.29, 0.717) is 33.2 Å². The number of carbonyl (C=O) groups excluding carboxylic acids is 1. The highest BCUT2D eigenvalue weighted by atomic mass is 32.1. The predicted octanol–water partition coefficient (Wildman–Crippen LogP) is 7.08. The molecule has 2 aliphatic rings. The first-order valence-electron chi connectivity index (χ1n) is 12.7. The van der Waals surface area contributed by atoms with Gasteiger partial charge in [0.05, 0.1) is 21.3 Å². The Morgan fingerprint density at radius 3 is 2.45 bits per heavy atom. The molecular formula is C31H24N2O4S. The molecule has 7 heteroatoms. The minimum Gasteiger partial charge on any atom is -0.507 e. The van der Waals surface area contributed by atoms with E-state index in [-0.39, 0.29) is 11.7 Å². The fourth-order valence-electron chi connectivity index (χ4n) is 5.64. The lowest BCUT2D eigenvalue weighted by atomic mass is 9.77. The van der Waals surface area contributed by atoms with Crippen LogP contribution in [0.3, 0.4) is 0 Å². The highest BCUT2D eigenvalue weighted by molar-refractivity contribution is 7.21. The Morgan fingerprint density at radius 1 is 0.868 bits per heavy atom. The zero-order chi connectivity index (χ0) is 26.0. The average Bonchev–Trinajstić information content (AvgIpc) is 3.49. The number of fused-ring (bicyclic) bond motifs is 7. The molecule has 0 radical (unpaired) electrons. The van der Waals surface area contributed by atoms with Crippen molar-refractivity contribution in [3.63, 3.8) is 0 Å². The van der Waals surface area contributed by atoms with Gasteiger partial charge in [0.25, 0.3) is 0 Å². The van der Waals surface area contributed by atoms with E-state index in [9.17, 15) is 9.90 Å². The quantitative estimate of drug-likeness (QED) is 0.255. The maximum absolute atomic E-state index is 13.2. The molecule has 0 saturated carbocycles. The molecule has 0 unspecified atom stereocenters. The SMILES string of the molecule is CCN(CC)c1ccc2c(c1)Oc1cc(O)c(-c3nc4ccccc4s3)cc1[C@]21OC(=O)c2ccccc21. The van der Waals surface area contributed by atoms with Crippen molar-refractivity contribution in [2.24, 2.45) is 0 Å². The number of phenolic OH excluding ortho intramolecular Hbond substituents is 1. The Morgan fingerprint density at radius 2 is 1.63 bits per heavy atom. The fraction of sp³-hybridized carbons (Fsp3) is 0.161. The Kier molecular flexibility index (Phi) is 5.00. The normalized spacial score (nSPS) is 17.1. The zero-order valence-electron chi connectivity index (χ0n) is 20.9. The number of phenols is 1. The number of benzene rings is 4. The molecule has 0 fully saturated rings. The standard InChI is InChI=1S/C31H24N2O4S/c1-3-33(4-2)18-13-14-22-26(15-18)36-27-17-25(34)20(29-32-24-11-7-8-12-28(24)38-29)16-23(27)31(22)21-10-6-5-9-19(21)30(35)37-31/h5-17,34H,3-4H2,1-2H3/t31-/m1/s1. The number of para-hydroxylation sites is 1. The van der Waals surface area contributed by atoms with Gasteiger partial charge in [-0.05, 0) is 50.2 Å². The van der Waals surface area contributed by atoms with Crippen LogP contribution in [0.25, 0.3) is 20.8 Å². The monoisotopic (exact) mass is 520 g/mol. The van der Waals surface area contributed by atoms with Crippen molar-refractivity contribution in [1.82, 2.24) is 4.98 Å². The molecule has 0 saturated heterocycles. The number of aromatic hydroxyl groups is 1. The van der Waals surface area contributed by atoms with Crippen LogP contribution in [-0.2, 0) is 10.3 Å². The van der Waals surface area contributed by atoms with Crippen molar-refractivity contribution in [3.8, 4) is 27.8 Å². The number of esters is 1. The van der Waals surface area contributed by atoms with Gasteiger partial charge in [0, 0.05) is 47.6 Å². The van der Waals surface area contributed by atoms with E-state index >= 15 is 0 Å². The van der Waals surface area contributed by atoms with Gasteiger partial charge >= 0.3 is 5.97 Å². The molecule has 2 aliphatic heterocycles. The summed E-state index contributed by atoms with van der Waals surface area (Å²) in [7, 11) is 0. The molecule has 1 aromatic heterocycles. The molecule has 0 amide bonds. The van der Waals surface area contributed by atoms with Gasteiger partial charge in [-0.25, -0.2) is 9.78 Å². The lowest BCUT2D eigenvalue weighted by Crippen LogP contribution is -2.33. The van der Waals surface area contributed by atoms with Crippen LogP contribution in [0.4, 0.5) is 5.69 Å². The van der Waals surface area contributed by atoms with E-state index in [1.165, 1.54) is 11.3 Å². The summed E-state index contributed by atoms with van der Waals surface area (Å²) in [5.41, 5.74) is 3.92. The smallest absolute Gasteiger partial charge is 0.340 e. The Hall–Kier alpha value is -4.36. The predicted molar refractivity (Wildman–Crippen MR) is 149 cm³/mol. The maximum atomic E-state index is 13.2. The van der Waals surface area contributed by atoms with E-state index in [2.05, 4.69) is 18.7 Å². The molecule has 3 heterocycles. The molecule has 0 bridgehead atoms. The Balaban J connectivity index is 1.50. The van der Waals surface area contributed by atoms with Crippen LogP contribution in [0, 0.1) is 0 Å². The topological polar surface area (TPSA) is 71.9 Å². The molecule has 6 nitrogen and oxygen atoms in total. The maximum Gasteiger partial charge on any atom is 0.340 e. The average molecular weight is 521 g/mol. The van der Waals surface area contributed by atoms with Crippen molar-refractivity contribution >= 4 is 33.2 Å². The number of aromatic nitrogens is 1. The second-order valence-electron chi connectivity index (χ2n) is 9.42. The summed E-state index contributed by atoms with van der Waals surface area (Å²) in [5, 5.41) is 11.8. The third-order valence-corrected chi connectivity index (χ3v) is 8.54. The lowest BCUT2D eigenvalue weighted by molar-refractivity contribution is 0.0224. The Labute approximate surface area is 223 Å². The van der Waals surface area contributed by atoms with Gasteiger partial charge in [0.15, 0.2) is 5.60 Å². The van der Waals surface area contributed by atoms with Crippen molar-refractivity contribution in [3.05, 3.63) is 101 Å². The largest absolute Gasteiger partial charge is 0.507 e. The van der Waals surface area contributed by atoms with Gasteiger partial charge in [0.2, 0.25) is 0 Å². The summed E-state index contributed by atoms with van der Waals surface area (Å²) in [4.78, 5) is 20.2. The van der Waals surface area contributed by atoms with E-state index < -0.39 is 5.60 Å². The molecule has 1 spiro atoms. The minimum atomic E-state index is -1.21. The van der Waals surface area contributed by atoms with Crippen LogP contribution in [-0.4, -0.2) is 29.1 Å². The summed E-state index contributed by atoms with van der Waals surface area (Å²) >= 11 is 1.50. The number of ether oxygens (including phenoxy) is 2. The van der Waals surface area contributed by atoms with Crippen LogP contribution in [0.15, 0.2) is 78.9 Å². The van der Waals surface area contributed by atoms with E-state index in [0.717, 1.165) is 40.1 Å². The van der Waals surface area contributed by atoms with Gasteiger partial charge in [-0.2, -0.15) is 0 Å². The summed E-state index contributed by atoms with van der Waals surface area (Å²) in [6, 6.07) is 24.9. The lowest BCUT2D eigenvalue weighted by Gasteiger charge is -2.37. The van der Waals surface area contributed by atoms with Gasteiger partial charge in [-0.3, -0.25) is 0 Å². The molecule has 0 aliphatic carbocycles. The van der Waals surface area contributed by atoms with Gasteiger partial charge in [-0.1, -0.05) is 30.3 Å². The number of thiazole rings is 1. The summed E-state index contributed by atoms with van der Waals surface area (Å²) in [5.74, 6) is 0.709. The molecule has 7 rings (SSSR count). The Bertz CT molecular complexity index is 1720. The van der Waals surface area contributed by atoms with Crippen LogP contribution in [0.2, 0.25) is 0 Å².